The molecule has 0 spiro atoms. The largest absolute Gasteiger partial charge is 0.346 e. The number of nitrogens with two attached hydrogens (primary N) is 1. The van der Waals surface area contributed by atoms with Crippen LogP contribution in [0.2, 0.25) is 0 Å². The van der Waals surface area contributed by atoms with Gasteiger partial charge in [0, 0.05) is 0 Å². The Kier molecular flexibility index (Phi) is 3.22. The molecular formula is C9H17NO6S. The van der Waals surface area contributed by atoms with Gasteiger partial charge in [0.05, 0.1) is 6.61 Å². The second-order valence-electron chi connectivity index (χ2n) is 4.67. The van der Waals surface area contributed by atoms with E-state index in [1.807, 2.05) is 0 Å². The summed E-state index contributed by atoms with van der Waals surface area (Å²) in [5, 5.41) is 4.80. The van der Waals surface area contributed by atoms with Gasteiger partial charge in [-0.05, 0) is 26.7 Å². The maximum absolute atomic E-state index is 10.8. The number of hydrogen-bond acceptors (Lipinski definition) is 6. The first-order chi connectivity index (χ1) is 7.73. The lowest BCUT2D eigenvalue weighted by Crippen LogP contribution is -2.51. The molecule has 0 aromatic heterocycles. The molecule has 2 heterocycles. The predicted molar refractivity (Wildman–Crippen MR) is 57.0 cm³/mol. The third-order valence-electron chi connectivity index (χ3n) is 2.72. The average molecular weight is 267 g/mol. The molecule has 0 saturated carbocycles. The van der Waals surface area contributed by atoms with Crippen LogP contribution in [0.5, 0.6) is 0 Å². The Labute approximate surface area is 100 Å². The number of fused-ring (bicyclic) bond motifs is 1. The highest BCUT2D eigenvalue weighted by Crippen LogP contribution is 2.42. The first-order valence-corrected chi connectivity index (χ1v) is 6.89. The van der Waals surface area contributed by atoms with Crippen LogP contribution in [-0.4, -0.2) is 39.3 Å². The summed E-state index contributed by atoms with van der Waals surface area (Å²) in [5.74, 6) is -2.00. The van der Waals surface area contributed by atoms with Crippen molar-refractivity contribution >= 4 is 10.3 Å². The summed E-state index contributed by atoms with van der Waals surface area (Å²) in [5.41, 5.74) is 0. The molecule has 0 aliphatic carbocycles. The molecule has 2 atom stereocenters. The van der Waals surface area contributed by atoms with Crippen molar-refractivity contribution in [2.75, 3.05) is 13.2 Å². The maximum atomic E-state index is 10.8. The highest BCUT2D eigenvalue weighted by Gasteiger charge is 2.56. The van der Waals surface area contributed by atoms with Crippen LogP contribution in [0.15, 0.2) is 0 Å². The van der Waals surface area contributed by atoms with Gasteiger partial charge >= 0.3 is 10.3 Å². The van der Waals surface area contributed by atoms with E-state index in [1.165, 1.54) is 0 Å². The maximum Gasteiger partial charge on any atom is 0.333 e. The van der Waals surface area contributed by atoms with Gasteiger partial charge < -0.3 is 14.2 Å². The van der Waals surface area contributed by atoms with E-state index in [2.05, 4.69) is 4.18 Å². The molecule has 100 valence electrons. The van der Waals surface area contributed by atoms with Crippen molar-refractivity contribution in [2.45, 2.75) is 44.4 Å². The Bertz CT molecular complexity index is 394. The van der Waals surface area contributed by atoms with Crippen molar-refractivity contribution in [3.8, 4) is 0 Å². The van der Waals surface area contributed by atoms with Gasteiger partial charge in [-0.25, -0.2) is 5.14 Å². The van der Waals surface area contributed by atoms with Crippen molar-refractivity contribution < 1.29 is 26.8 Å². The van der Waals surface area contributed by atoms with Gasteiger partial charge in [-0.2, -0.15) is 8.42 Å². The molecule has 0 aromatic carbocycles. The van der Waals surface area contributed by atoms with E-state index in [0.717, 1.165) is 12.8 Å². The molecule has 17 heavy (non-hydrogen) atoms. The summed E-state index contributed by atoms with van der Waals surface area (Å²) < 4.78 is 43.1. The molecule has 2 N–H and O–H groups in total. The first kappa shape index (κ1) is 13.2. The van der Waals surface area contributed by atoms with Gasteiger partial charge in [-0.1, -0.05) is 0 Å². The van der Waals surface area contributed by atoms with Gasteiger partial charge in [0.2, 0.25) is 5.79 Å². The van der Waals surface area contributed by atoms with E-state index >= 15 is 0 Å². The third kappa shape index (κ3) is 2.95. The van der Waals surface area contributed by atoms with E-state index in [0.29, 0.717) is 6.61 Å². The Morgan fingerprint density at radius 2 is 2.18 bits per heavy atom. The fourth-order valence-corrected chi connectivity index (χ4v) is 2.51. The smallest absolute Gasteiger partial charge is 0.333 e. The van der Waals surface area contributed by atoms with Crippen LogP contribution >= 0.6 is 0 Å². The fraction of sp³-hybridized carbons (Fsp3) is 1.00. The number of ether oxygens (including phenoxy) is 3. The number of rotatable bonds is 3. The molecule has 2 saturated heterocycles. The van der Waals surface area contributed by atoms with Crippen molar-refractivity contribution in [2.24, 2.45) is 5.14 Å². The Morgan fingerprint density at radius 3 is 2.82 bits per heavy atom. The van der Waals surface area contributed by atoms with Crippen LogP contribution in [0.25, 0.3) is 0 Å². The summed E-state index contributed by atoms with van der Waals surface area (Å²) in [4.78, 5) is 0. The Hall–Kier alpha value is -0.250. The molecule has 2 unspecified atom stereocenters. The number of hydrogen-bond donors (Lipinski definition) is 1. The third-order valence-corrected chi connectivity index (χ3v) is 3.16. The summed E-state index contributed by atoms with van der Waals surface area (Å²) in [7, 11) is -4.02. The minimum Gasteiger partial charge on any atom is -0.346 e. The first-order valence-electron chi connectivity index (χ1n) is 5.42. The predicted octanol–water partition coefficient (Wildman–Crippen LogP) is -0.135. The zero-order chi connectivity index (χ0) is 12.7. The fourth-order valence-electron chi connectivity index (χ4n) is 2.18. The van der Waals surface area contributed by atoms with E-state index in [4.69, 9.17) is 19.3 Å². The second-order valence-corrected chi connectivity index (χ2v) is 5.89. The molecule has 8 heteroatoms. The topological polar surface area (TPSA) is 97.1 Å². The van der Waals surface area contributed by atoms with Gasteiger partial charge in [-0.15, -0.1) is 0 Å². The van der Waals surface area contributed by atoms with Gasteiger partial charge in [0.15, 0.2) is 5.79 Å². The molecule has 2 fully saturated rings. The molecule has 0 radical (unpaired) electrons. The standard InChI is InChI=1S/C9H17NO6S/c1-8(2)15-7-4-3-5-13-9(7,16-8)6-14-17(10,11)12/h7H,3-6H2,1-2H3,(H2,10,11,12). The molecule has 7 nitrogen and oxygen atoms in total. The molecule has 0 aromatic rings. The van der Waals surface area contributed by atoms with Crippen LogP contribution in [-0.2, 0) is 28.7 Å². The summed E-state index contributed by atoms with van der Waals surface area (Å²) in [6, 6.07) is 0. The minimum absolute atomic E-state index is 0.292. The lowest BCUT2D eigenvalue weighted by atomic mass is 10.0. The highest BCUT2D eigenvalue weighted by atomic mass is 32.2. The monoisotopic (exact) mass is 267 g/mol. The van der Waals surface area contributed by atoms with Gasteiger partial charge in [0.25, 0.3) is 0 Å². The van der Waals surface area contributed by atoms with Crippen LogP contribution in [0.1, 0.15) is 26.7 Å². The van der Waals surface area contributed by atoms with E-state index in [-0.39, 0.29) is 12.7 Å². The van der Waals surface area contributed by atoms with Gasteiger partial charge in [-0.3, -0.25) is 4.18 Å². The zero-order valence-electron chi connectivity index (χ0n) is 9.84. The van der Waals surface area contributed by atoms with Crippen molar-refractivity contribution in [3.05, 3.63) is 0 Å². The van der Waals surface area contributed by atoms with Gasteiger partial charge in [0.1, 0.15) is 12.7 Å². The molecule has 0 amide bonds. The lowest BCUT2D eigenvalue weighted by Gasteiger charge is -2.35. The van der Waals surface area contributed by atoms with E-state index < -0.39 is 21.9 Å². The molecule has 0 bridgehead atoms. The molecule has 2 aliphatic heterocycles. The van der Waals surface area contributed by atoms with Crippen molar-refractivity contribution in [1.29, 1.82) is 0 Å². The Balaban J connectivity index is 2.14. The van der Waals surface area contributed by atoms with Crippen LogP contribution in [0, 0.1) is 0 Å². The van der Waals surface area contributed by atoms with Crippen LogP contribution < -0.4 is 5.14 Å². The van der Waals surface area contributed by atoms with Crippen LogP contribution in [0.4, 0.5) is 0 Å². The lowest BCUT2D eigenvalue weighted by molar-refractivity contribution is -0.274. The Morgan fingerprint density at radius 1 is 1.47 bits per heavy atom. The highest BCUT2D eigenvalue weighted by molar-refractivity contribution is 7.84. The zero-order valence-corrected chi connectivity index (χ0v) is 10.7. The molecule has 2 rings (SSSR count). The summed E-state index contributed by atoms with van der Waals surface area (Å²) >= 11 is 0. The normalized spacial score (nSPS) is 36.8. The van der Waals surface area contributed by atoms with E-state index in [1.54, 1.807) is 13.8 Å². The van der Waals surface area contributed by atoms with Crippen molar-refractivity contribution in [3.63, 3.8) is 0 Å². The minimum atomic E-state index is -4.02. The molecular weight excluding hydrogens is 250 g/mol. The van der Waals surface area contributed by atoms with Crippen LogP contribution in [0.3, 0.4) is 0 Å². The van der Waals surface area contributed by atoms with Crippen molar-refractivity contribution in [1.82, 2.24) is 0 Å². The molecule has 2 aliphatic rings. The quantitative estimate of drug-likeness (QED) is 0.764. The summed E-state index contributed by atoms with van der Waals surface area (Å²) in [6.07, 6.45) is 1.23. The second kappa shape index (κ2) is 4.15. The summed E-state index contributed by atoms with van der Waals surface area (Å²) in [6.45, 7) is 3.67. The average Bonchev–Trinajstić information content (AvgIpc) is 2.44. The SMILES string of the molecule is CC1(C)OC2CCCOC2(COS(N)(=O)=O)O1. The van der Waals surface area contributed by atoms with E-state index in [9.17, 15) is 8.42 Å².